The molecule has 2 aromatic carbocycles. The molecule has 0 aliphatic carbocycles. The number of aromatic nitrogens is 2. The number of ether oxygens (including phenoxy) is 1. The number of hydrogen-bond donors (Lipinski definition) is 4. The van der Waals surface area contributed by atoms with Gasteiger partial charge in [0.1, 0.15) is 17.1 Å². The fourth-order valence-electron chi connectivity index (χ4n) is 2.51. The molecule has 0 unspecified atom stereocenters. The highest BCUT2D eigenvalue weighted by atomic mass is 32.1. The number of amides is 1. The molecule has 10 heteroatoms. The Morgan fingerprint density at radius 3 is 2.55 bits per heavy atom. The van der Waals surface area contributed by atoms with Gasteiger partial charge in [0.2, 0.25) is 5.88 Å². The minimum atomic E-state index is -0.683. The topological polar surface area (TPSA) is 129 Å². The Balaban J connectivity index is 1.92. The maximum atomic E-state index is 12.2. The van der Waals surface area contributed by atoms with E-state index in [0.29, 0.717) is 11.4 Å². The molecule has 4 N–H and O–H groups in total. The Morgan fingerprint density at radius 2 is 1.90 bits per heavy atom. The Morgan fingerprint density at radius 1 is 1.21 bits per heavy atom. The summed E-state index contributed by atoms with van der Waals surface area (Å²) in [5.41, 5.74) is 1.78. The Bertz CT molecular complexity index is 1200. The number of para-hydroxylation sites is 1. The summed E-state index contributed by atoms with van der Waals surface area (Å²) in [6, 6.07) is 12.5. The van der Waals surface area contributed by atoms with E-state index >= 15 is 0 Å². The van der Waals surface area contributed by atoms with Crippen molar-refractivity contribution in [1.82, 2.24) is 15.0 Å². The molecule has 1 heterocycles. The van der Waals surface area contributed by atoms with Gasteiger partial charge in [0, 0.05) is 0 Å². The molecular formula is C19H16N4O5S. The van der Waals surface area contributed by atoms with Crippen molar-refractivity contribution in [1.29, 1.82) is 0 Å². The summed E-state index contributed by atoms with van der Waals surface area (Å²) >= 11 is 5.14. The molecule has 0 aliphatic heterocycles. The minimum Gasteiger partial charge on any atom is -0.507 e. The smallest absolute Gasteiger partial charge is 0.275 e. The van der Waals surface area contributed by atoms with Crippen molar-refractivity contribution in [2.75, 3.05) is 7.11 Å². The number of benzene rings is 2. The van der Waals surface area contributed by atoms with Crippen LogP contribution in [0.25, 0.3) is 5.69 Å². The number of phenols is 1. The van der Waals surface area contributed by atoms with Crippen LogP contribution < -0.4 is 15.7 Å². The zero-order valence-electron chi connectivity index (χ0n) is 15.1. The minimum absolute atomic E-state index is 0.0111. The highest BCUT2D eigenvalue weighted by molar-refractivity contribution is 7.71. The number of nitrogens with zero attached hydrogens (tertiary/aromatic N) is 2. The number of rotatable bonds is 5. The molecule has 0 aliphatic rings. The van der Waals surface area contributed by atoms with Crippen LogP contribution in [0.5, 0.6) is 17.4 Å². The number of hydrogen-bond acceptors (Lipinski definition) is 7. The van der Waals surface area contributed by atoms with Gasteiger partial charge in [-0.15, -0.1) is 0 Å². The highest BCUT2D eigenvalue weighted by Crippen LogP contribution is 2.21. The summed E-state index contributed by atoms with van der Waals surface area (Å²) in [4.78, 5) is 26.7. The molecule has 1 aromatic heterocycles. The summed E-state index contributed by atoms with van der Waals surface area (Å²) in [6.45, 7) is 0. The van der Waals surface area contributed by atoms with E-state index in [0.717, 1.165) is 6.21 Å². The number of hydrazone groups is 1. The van der Waals surface area contributed by atoms with Crippen molar-refractivity contribution in [3.63, 3.8) is 0 Å². The van der Waals surface area contributed by atoms with Crippen molar-refractivity contribution in [3.05, 3.63) is 74.8 Å². The second-order valence-corrected chi connectivity index (χ2v) is 6.13. The molecule has 0 atom stereocenters. The van der Waals surface area contributed by atoms with Gasteiger partial charge in [0.25, 0.3) is 11.5 Å². The van der Waals surface area contributed by atoms with E-state index in [-0.39, 0.29) is 21.6 Å². The number of methoxy groups -OCH3 is 1. The van der Waals surface area contributed by atoms with Gasteiger partial charge in [-0.3, -0.25) is 19.1 Å². The van der Waals surface area contributed by atoms with Gasteiger partial charge in [0.15, 0.2) is 4.77 Å². The van der Waals surface area contributed by atoms with Crippen LogP contribution in [0.15, 0.2) is 58.4 Å². The molecule has 0 saturated carbocycles. The van der Waals surface area contributed by atoms with Crippen molar-refractivity contribution < 1.29 is 19.7 Å². The molecule has 0 radical (unpaired) electrons. The van der Waals surface area contributed by atoms with Crippen LogP contribution in [0, 0.1) is 4.77 Å². The van der Waals surface area contributed by atoms with E-state index in [4.69, 9.17) is 17.0 Å². The van der Waals surface area contributed by atoms with Crippen LogP contribution in [-0.4, -0.2) is 39.0 Å². The molecule has 1 amide bonds. The van der Waals surface area contributed by atoms with Gasteiger partial charge < -0.3 is 14.9 Å². The second kappa shape index (κ2) is 8.40. The lowest BCUT2D eigenvalue weighted by Gasteiger charge is -2.11. The molecule has 29 heavy (non-hydrogen) atoms. The predicted molar refractivity (Wildman–Crippen MR) is 109 cm³/mol. The number of carbonyl (C=O) groups excluding carboxylic acids is 1. The molecule has 148 valence electrons. The Labute approximate surface area is 169 Å². The van der Waals surface area contributed by atoms with Gasteiger partial charge in [-0.2, -0.15) is 5.10 Å². The average Bonchev–Trinajstić information content (AvgIpc) is 2.71. The van der Waals surface area contributed by atoms with Gasteiger partial charge >= 0.3 is 0 Å². The Hall–Kier alpha value is -3.92. The van der Waals surface area contributed by atoms with Crippen LogP contribution in [0.1, 0.15) is 15.9 Å². The quantitative estimate of drug-likeness (QED) is 0.288. The number of carbonyl (C=O) groups is 1. The van der Waals surface area contributed by atoms with Crippen LogP contribution >= 0.6 is 12.2 Å². The summed E-state index contributed by atoms with van der Waals surface area (Å²) in [5.74, 6) is -0.741. The zero-order valence-corrected chi connectivity index (χ0v) is 15.9. The monoisotopic (exact) mass is 412 g/mol. The van der Waals surface area contributed by atoms with Crippen molar-refractivity contribution in [3.8, 4) is 23.1 Å². The van der Waals surface area contributed by atoms with Gasteiger partial charge in [-0.05, 0) is 48.6 Å². The first kappa shape index (κ1) is 19.8. The van der Waals surface area contributed by atoms with Crippen LogP contribution in [-0.2, 0) is 0 Å². The lowest BCUT2D eigenvalue weighted by Crippen LogP contribution is -2.21. The molecule has 9 nitrogen and oxygen atoms in total. The molecule has 0 fully saturated rings. The maximum Gasteiger partial charge on any atom is 0.275 e. The molecule has 3 aromatic rings. The second-order valence-electron chi connectivity index (χ2n) is 5.75. The average molecular weight is 412 g/mol. The number of nitrogens with one attached hydrogen (secondary N) is 2. The van der Waals surface area contributed by atoms with E-state index in [1.165, 1.54) is 23.8 Å². The SMILES string of the molecule is COc1ccc(-n2c(O)c(/C=N/NC(=O)c3ccccc3O)c(=O)[nH]c2=S)cc1. The number of phenolic OH excluding ortho intramolecular Hbond substituents is 1. The first-order chi connectivity index (χ1) is 13.9. The summed E-state index contributed by atoms with van der Waals surface area (Å²) in [7, 11) is 1.52. The molecular weight excluding hydrogens is 396 g/mol. The first-order valence-electron chi connectivity index (χ1n) is 8.26. The maximum absolute atomic E-state index is 12.2. The number of H-pyrrole nitrogens is 1. The number of aromatic amines is 1. The van der Waals surface area contributed by atoms with E-state index in [1.54, 1.807) is 36.4 Å². The van der Waals surface area contributed by atoms with Crippen LogP contribution in [0.3, 0.4) is 0 Å². The number of aromatic hydroxyl groups is 2. The predicted octanol–water partition coefficient (Wildman–Crippen LogP) is 2.08. The fourth-order valence-corrected chi connectivity index (χ4v) is 2.79. The molecule has 0 saturated heterocycles. The van der Waals surface area contributed by atoms with Crippen molar-refractivity contribution in [2.24, 2.45) is 5.10 Å². The summed E-state index contributed by atoms with van der Waals surface area (Å²) in [5, 5.41) is 23.9. The third kappa shape index (κ3) is 4.17. The van der Waals surface area contributed by atoms with E-state index in [1.807, 2.05) is 0 Å². The van der Waals surface area contributed by atoms with Crippen molar-refractivity contribution >= 4 is 24.3 Å². The Kier molecular flexibility index (Phi) is 5.74. The lowest BCUT2D eigenvalue weighted by atomic mass is 10.2. The van der Waals surface area contributed by atoms with E-state index in [9.17, 15) is 19.8 Å². The molecule has 0 bridgehead atoms. The molecule has 0 spiro atoms. The van der Waals surface area contributed by atoms with E-state index < -0.39 is 17.3 Å². The van der Waals surface area contributed by atoms with Crippen molar-refractivity contribution in [2.45, 2.75) is 0 Å². The largest absolute Gasteiger partial charge is 0.507 e. The van der Waals surface area contributed by atoms with Gasteiger partial charge in [0.05, 0.1) is 24.6 Å². The highest BCUT2D eigenvalue weighted by Gasteiger charge is 2.13. The van der Waals surface area contributed by atoms with Crippen LogP contribution in [0.2, 0.25) is 0 Å². The fraction of sp³-hybridized carbons (Fsp3) is 0.0526. The summed E-state index contributed by atoms with van der Waals surface area (Å²) < 4.78 is 6.31. The summed E-state index contributed by atoms with van der Waals surface area (Å²) in [6.07, 6.45) is 0.987. The lowest BCUT2D eigenvalue weighted by molar-refractivity contribution is 0.0952. The zero-order chi connectivity index (χ0) is 21.0. The standard InChI is InChI=1S/C19H16N4O5S/c1-28-12-8-6-11(7-9-12)23-18(27)14(16(25)21-19(23)29)10-20-22-17(26)13-4-2-3-5-15(13)24/h2-10,24,27H,1H3,(H,22,26)(H,21,25,29)/b20-10+. The van der Waals surface area contributed by atoms with Gasteiger partial charge in [-0.25, -0.2) is 5.43 Å². The third-order valence-corrected chi connectivity index (χ3v) is 4.24. The van der Waals surface area contributed by atoms with Gasteiger partial charge in [-0.1, -0.05) is 12.1 Å². The first-order valence-corrected chi connectivity index (χ1v) is 8.67. The third-order valence-electron chi connectivity index (χ3n) is 3.96. The van der Waals surface area contributed by atoms with Crippen LogP contribution in [0.4, 0.5) is 0 Å². The normalized spacial score (nSPS) is 10.8. The molecule has 3 rings (SSSR count). The van der Waals surface area contributed by atoms with E-state index in [2.05, 4.69) is 15.5 Å².